The van der Waals surface area contributed by atoms with Gasteiger partial charge >= 0.3 is 6.03 Å². The van der Waals surface area contributed by atoms with Crippen LogP contribution in [0, 0.1) is 5.82 Å². The normalized spacial score (nSPS) is 23.1. The first-order chi connectivity index (χ1) is 12.8. The molecule has 3 rings (SSSR count). The molecular formula is C19H26FN3O3S. The van der Waals surface area contributed by atoms with Gasteiger partial charge in [-0.1, -0.05) is 0 Å². The van der Waals surface area contributed by atoms with Gasteiger partial charge in [0.2, 0.25) is 5.91 Å². The Bertz CT molecular complexity index is 732. The number of urea groups is 1. The van der Waals surface area contributed by atoms with Crippen LogP contribution in [-0.2, 0) is 15.6 Å². The summed E-state index contributed by atoms with van der Waals surface area (Å²) in [4.78, 5) is 28.3. The number of benzene rings is 1. The Morgan fingerprint density at radius 2 is 1.78 bits per heavy atom. The first-order valence-corrected chi connectivity index (χ1v) is 10.5. The van der Waals surface area contributed by atoms with Gasteiger partial charge in [0.05, 0.1) is 16.0 Å². The lowest BCUT2D eigenvalue weighted by atomic mass is 9.89. The van der Waals surface area contributed by atoms with Crippen LogP contribution in [0.25, 0.3) is 0 Å². The van der Waals surface area contributed by atoms with E-state index in [1.807, 2.05) is 11.8 Å². The van der Waals surface area contributed by atoms with Gasteiger partial charge in [0.25, 0.3) is 0 Å². The van der Waals surface area contributed by atoms with Crippen molar-refractivity contribution in [3.63, 3.8) is 0 Å². The minimum Gasteiger partial charge on any atom is -0.351 e. The molecule has 2 fully saturated rings. The topological polar surface area (TPSA) is 69.7 Å². The Morgan fingerprint density at radius 3 is 2.37 bits per heavy atom. The maximum Gasteiger partial charge on any atom is 0.320 e. The second-order valence-electron chi connectivity index (χ2n) is 7.62. The van der Waals surface area contributed by atoms with Crippen molar-refractivity contribution in [1.82, 2.24) is 15.1 Å². The van der Waals surface area contributed by atoms with E-state index in [2.05, 4.69) is 5.32 Å². The molecule has 0 aromatic heterocycles. The third kappa shape index (κ3) is 4.66. The Hall–Kier alpha value is -1.96. The van der Waals surface area contributed by atoms with Crippen LogP contribution >= 0.6 is 0 Å². The van der Waals surface area contributed by atoms with Crippen molar-refractivity contribution in [2.75, 3.05) is 26.2 Å². The first kappa shape index (κ1) is 19.8. The van der Waals surface area contributed by atoms with Crippen LogP contribution in [0.15, 0.2) is 29.2 Å². The fourth-order valence-corrected chi connectivity index (χ4v) is 5.20. The molecule has 2 heterocycles. The van der Waals surface area contributed by atoms with E-state index in [9.17, 15) is 18.2 Å². The Kier molecular flexibility index (Phi) is 5.83. The molecule has 3 amide bonds. The summed E-state index contributed by atoms with van der Waals surface area (Å²) in [5.41, 5.74) is -0.264. The molecule has 2 atom stereocenters. The number of nitrogens with one attached hydrogen (secondary N) is 1. The number of likely N-dealkylation sites (tertiary alicyclic amines) is 2. The van der Waals surface area contributed by atoms with E-state index in [4.69, 9.17) is 0 Å². The number of amides is 3. The second kappa shape index (κ2) is 7.96. The molecule has 1 N–H and O–H groups in total. The van der Waals surface area contributed by atoms with Crippen LogP contribution in [0.1, 0.15) is 33.1 Å². The van der Waals surface area contributed by atoms with Gasteiger partial charge in [0.15, 0.2) is 0 Å². The summed E-state index contributed by atoms with van der Waals surface area (Å²) < 4.78 is 25.7. The zero-order valence-corrected chi connectivity index (χ0v) is 16.6. The molecular weight excluding hydrogens is 369 g/mol. The van der Waals surface area contributed by atoms with Crippen LogP contribution in [0.4, 0.5) is 9.18 Å². The highest BCUT2D eigenvalue weighted by atomic mass is 32.2. The summed E-state index contributed by atoms with van der Waals surface area (Å²) in [5, 5.41) is 2.84. The van der Waals surface area contributed by atoms with Gasteiger partial charge in [0.1, 0.15) is 5.82 Å². The average Bonchev–Trinajstić information content (AvgIpc) is 3.11. The van der Waals surface area contributed by atoms with Crippen molar-refractivity contribution >= 4 is 22.7 Å². The zero-order valence-electron chi connectivity index (χ0n) is 15.7. The van der Waals surface area contributed by atoms with E-state index in [0.29, 0.717) is 37.5 Å². The van der Waals surface area contributed by atoms with Gasteiger partial charge in [-0.15, -0.1) is 0 Å². The Morgan fingerprint density at radius 1 is 1.15 bits per heavy atom. The maximum absolute atomic E-state index is 13.0. The molecule has 2 saturated heterocycles. The van der Waals surface area contributed by atoms with Gasteiger partial charge in [-0.2, -0.15) is 0 Å². The Labute approximate surface area is 161 Å². The summed E-state index contributed by atoms with van der Waals surface area (Å²) in [5.74, 6) is -0.404. The van der Waals surface area contributed by atoms with Crippen LogP contribution in [0.5, 0.6) is 0 Å². The lowest BCUT2D eigenvalue weighted by Crippen LogP contribution is -2.55. The summed E-state index contributed by atoms with van der Waals surface area (Å²) in [6.07, 6.45) is 2.11. The van der Waals surface area contributed by atoms with Gasteiger partial charge in [-0.05, 0) is 50.5 Å². The molecule has 27 heavy (non-hydrogen) atoms. The molecule has 0 spiro atoms. The smallest absolute Gasteiger partial charge is 0.320 e. The standard InChI is InChI=1S/C19H26FN3O3S/c1-14(24)21-19(2)8-11-22(12-9-19)18(25)23-10-7-17(13-23)27(26)16-5-3-15(20)4-6-16/h3-6,17H,7-13H2,1-2H3,(H,21,24). The van der Waals surface area contributed by atoms with Gasteiger partial charge in [0, 0.05) is 43.5 Å². The molecule has 0 bridgehead atoms. The van der Waals surface area contributed by atoms with E-state index in [1.165, 1.54) is 19.1 Å². The monoisotopic (exact) mass is 395 g/mol. The number of nitrogens with zero attached hydrogens (tertiary/aromatic N) is 2. The largest absolute Gasteiger partial charge is 0.351 e. The predicted octanol–water partition coefficient (Wildman–Crippen LogP) is 2.12. The molecule has 0 saturated carbocycles. The van der Waals surface area contributed by atoms with Crippen LogP contribution < -0.4 is 5.32 Å². The quantitative estimate of drug-likeness (QED) is 0.852. The van der Waals surface area contributed by atoms with E-state index in [1.54, 1.807) is 17.0 Å². The molecule has 2 aliphatic rings. The van der Waals surface area contributed by atoms with Gasteiger partial charge in [-0.25, -0.2) is 9.18 Å². The summed E-state index contributed by atoms with van der Waals surface area (Å²) in [6.45, 7) is 5.73. The summed E-state index contributed by atoms with van der Waals surface area (Å²) >= 11 is 0. The molecule has 0 aliphatic carbocycles. The molecule has 0 radical (unpaired) electrons. The molecule has 8 heteroatoms. The second-order valence-corrected chi connectivity index (χ2v) is 9.35. The fraction of sp³-hybridized carbons (Fsp3) is 0.579. The first-order valence-electron chi connectivity index (χ1n) is 9.26. The molecule has 1 aromatic rings. The van der Waals surface area contributed by atoms with Crippen molar-refractivity contribution in [3.05, 3.63) is 30.1 Å². The third-order valence-corrected chi connectivity index (χ3v) is 7.11. The van der Waals surface area contributed by atoms with Crippen LogP contribution in [-0.4, -0.2) is 62.9 Å². The minimum absolute atomic E-state index is 0.0292. The number of piperidine rings is 1. The fourth-order valence-electron chi connectivity index (χ4n) is 3.78. The molecule has 6 nitrogen and oxygen atoms in total. The number of rotatable bonds is 3. The van der Waals surface area contributed by atoms with Gasteiger partial charge in [-0.3, -0.25) is 9.00 Å². The lowest BCUT2D eigenvalue weighted by molar-refractivity contribution is -0.121. The van der Waals surface area contributed by atoms with E-state index < -0.39 is 10.8 Å². The minimum atomic E-state index is -1.25. The van der Waals surface area contributed by atoms with Crippen molar-refractivity contribution in [3.8, 4) is 0 Å². The number of carbonyl (C=O) groups is 2. The van der Waals surface area contributed by atoms with Crippen LogP contribution in [0.3, 0.4) is 0 Å². The number of halogens is 1. The van der Waals surface area contributed by atoms with E-state index in [0.717, 1.165) is 12.8 Å². The molecule has 1 aromatic carbocycles. The lowest BCUT2D eigenvalue weighted by Gasteiger charge is -2.40. The van der Waals surface area contributed by atoms with Crippen molar-refractivity contribution in [2.45, 2.75) is 48.8 Å². The number of hydrogen-bond acceptors (Lipinski definition) is 3. The highest BCUT2D eigenvalue weighted by Crippen LogP contribution is 2.25. The Balaban J connectivity index is 1.54. The molecule has 2 unspecified atom stereocenters. The highest BCUT2D eigenvalue weighted by molar-refractivity contribution is 7.85. The van der Waals surface area contributed by atoms with E-state index in [-0.39, 0.29) is 28.5 Å². The third-order valence-electron chi connectivity index (χ3n) is 5.38. The number of carbonyl (C=O) groups excluding carboxylic acids is 2. The SMILES string of the molecule is CC(=O)NC1(C)CCN(C(=O)N2CCC(S(=O)c3ccc(F)cc3)C2)CC1. The van der Waals surface area contributed by atoms with Crippen molar-refractivity contribution in [1.29, 1.82) is 0 Å². The van der Waals surface area contributed by atoms with Crippen molar-refractivity contribution in [2.24, 2.45) is 0 Å². The molecule has 148 valence electrons. The van der Waals surface area contributed by atoms with E-state index >= 15 is 0 Å². The van der Waals surface area contributed by atoms with Crippen molar-refractivity contribution < 1.29 is 18.2 Å². The summed E-state index contributed by atoms with van der Waals surface area (Å²) in [6, 6.07) is 5.68. The predicted molar refractivity (Wildman–Crippen MR) is 101 cm³/mol. The van der Waals surface area contributed by atoms with Crippen LogP contribution in [0.2, 0.25) is 0 Å². The zero-order chi connectivity index (χ0) is 19.6. The summed E-state index contributed by atoms with van der Waals surface area (Å²) in [7, 11) is -1.25. The maximum atomic E-state index is 13.0. The average molecular weight is 396 g/mol. The number of hydrogen-bond donors (Lipinski definition) is 1. The molecule has 2 aliphatic heterocycles. The van der Waals surface area contributed by atoms with Gasteiger partial charge < -0.3 is 15.1 Å². The highest BCUT2D eigenvalue weighted by Gasteiger charge is 2.37.